The third kappa shape index (κ3) is 2.44. The molecular formula is C12H16Cl2N2. The van der Waals surface area contributed by atoms with Crippen molar-refractivity contribution in [1.82, 2.24) is 4.98 Å². The minimum atomic E-state index is -0.289. The fourth-order valence-corrected chi connectivity index (χ4v) is 2.32. The zero-order valence-electron chi connectivity index (χ0n) is 9.39. The third-order valence-corrected chi connectivity index (χ3v) is 4.13. The third-order valence-electron chi connectivity index (χ3n) is 2.95. The Hall–Kier alpha value is -0.470. The molecule has 88 valence electrons. The lowest BCUT2D eigenvalue weighted by atomic mass is 10.1. The molecule has 2 nitrogen and oxygen atoms in total. The average Bonchev–Trinajstić information content (AvgIpc) is 2.76. The van der Waals surface area contributed by atoms with Gasteiger partial charge in [-0.2, -0.15) is 0 Å². The topological polar surface area (TPSA) is 24.9 Å². The molecule has 1 N–H and O–H groups in total. The van der Waals surface area contributed by atoms with Gasteiger partial charge in [0.25, 0.3) is 0 Å². The number of aryl methyl sites for hydroxylation is 2. The van der Waals surface area contributed by atoms with Crippen LogP contribution in [-0.2, 0) is 12.8 Å². The van der Waals surface area contributed by atoms with E-state index in [1.54, 1.807) is 0 Å². The number of rotatable bonds is 4. The maximum atomic E-state index is 5.90. The monoisotopic (exact) mass is 258 g/mol. The van der Waals surface area contributed by atoms with Crippen LogP contribution in [0.1, 0.15) is 24.6 Å². The molecule has 0 saturated heterocycles. The second-order valence-electron chi connectivity index (χ2n) is 4.61. The number of alkyl halides is 2. The molecule has 4 heteroatoms. The van der Waals surface area contributed by atoms with Crippen LogP contribution in [0.3, 0.4) is 0 Å². The summed E-state index contributed by atoms with van der Waals surface area (Å²) in [7, 11) is 0. The number of anilines is 1. The molecule has 1 aliphatic carbocycles. The van der Waals surface area contributed by atoms with E-state index in [1.165, 1.54) is 17.7 Å². The largest absolute Gasteiger partial charge is 0.362 e. The van der Waals surface area contributed by atoms with E-state index in [9.17, 15) is 0 Å². The van der Waals surface area contributed by atoms with E-state index in [0.29, 0.717) is 11.8 Å². The SMILES string of the molecule is CC(CCl)(CCl)Nc1ccc2c(n1)CCC2. The van der Waals surface area contributed by atoms with Gasteiger partial charge >= 0.3 is 0 Å². The van der Waals surface area contributed by atoms with Gasteiger partial charge < -0.3 is 5.32 Å². The first kappa shape index (κ1) is 12.0. The Balaban J connectivity index is 2.16. The molecule has 1 aliphatic rings. The van der Waals surface area contributed by atoms with E-state index in [4.69, 9.17) is 23.2 Å². The first-order valence-electron chi connectivity index (χ1n) is 5.56. The van der Waals surface area contributed by atoms with Crippen molar-refractivity contribution < 1.29 is 0 Å². The highest BCUT2D eigenvalue weighted by Gasteiger charge is 2.23. The van der Waals surface area contributed by atoms with Crippen LogP contribution in [0.15, 0.2) is 12.1 Å². The quantitative estimate of drug-likeness (QED) is 0.840. The molecular weight excluding hydrogens is 243 g/mol. The maximum Gasteiger partial charge on any atom is 0.126 e. The van der Waals surface area contributed by atoms with E-state index in [0.717, 1.165) is 18.7 Å². The van der Waals surface area contributed by atoms with Crippen LogP contribution in [0.25, 0.3) is 0 Å². The zero-order valence-corrected chi connectivity index (χ0v) is 10.9. The van der Waals surface area contributed by atoms with Crippen LogP contribution in [0.5, 0.6) is 0 Å². The van der Waals surface area contributed by atoms with Gasteiger partial charge in [0.05, 0.1) is 5.54 Å². The van der Waals surface area contributed by atoms with Gasteiger partial charge in [0.2, 0.25) is 0 Å². The van der Waals surface area contributed by atoms with Crippen molar-refractivity contribution >= 4 is 29.0 Å². The van der Waals surface area contributed by atoms with Gasteiger partial charge in [-0.25, -0.2) is 4.98 Å². The molecule has 0 radical (unpaired) electrons. The van der Waals surface area contributed by atoms with E-state index >= 15 is 0 Å². The summed E-state index contributed by atoms with van der Waals surface area (Å²) >= 11 is 11.8. The summed E-state index contributed by atoms with van der Waals surface area (Å²) in [5.41, 5.74) is 2.31. The molecule has 1 aromatic rings. The van der Waals surface area contributed by atoms with Crippen molar-refractivity contribution in [3.63, 3.8) is 0 Å². The van der Waals surface area contributed by atoms with Crippen molar-refractivity contribution in [2.45, 2.75) is 31.7 Å². The van der Waals surface area contributed by atoms with Gasteiger partial charge in [0, 0.05) is 17.5 Å². The summed E-state index contributed by atoms with van der Waals surface area (Å²) in [5, 5.41) is 3.31. The van der Waals surface area contributed by atoms with Gasteiger partial charge in [0.15, 0.2) is 0 Å². The first-order valence-corrected chi connectivity index (χ1v) is 6.63. The minimum absolute atomic E-state index is 0.289. The molecule has 0 aliphatic heterocycles. The fourth-order valence-electron chi connectivity index (χ4n) is 1.90. The molecule has 0 amide bonds. The fraction of sp³-hybridized carbons (Fsp3) is 0.583. The first-order chi connectivity index (χ1) is 7.67. The number of aromatic nitrogens is 1. The Morgan fingerprint density at radius 1 is 1.31 bits per heavy atom. The Morgan fingerprint density at radius 2 is 2.06 bits per heavy atom. The summed E-state index contributed by atoms with van der Waals surface area (Å²) in [5.74, 6) is 1.81. The number of hydrogen-bond acceptors (Lipinski definition) is 2. The zero-order chi connectivity index (χ0) is 11.6. The van der Waals surface area contributed by atoms with Gasteiger partial charge in [0.1, 0.15) is 5.82 Å². The average molecular weight is 259 g/mol. The maximum absolute atomic E-state index is 5.90. The lowest BCUT2D eigenvalue weighted by molar-refractivity contribution is 0.644. The predicted octanol–water partition coefficient (Wildman–Crippen LogP) is 3.22. The number of pyridine rings is 1. The van der Waals surface area contributed by atoms with Crippen molar-refractivity contribution in [3.8, 4) is 0 Å². The number of nitrogens with one attached hydrogen (secondary N) is 1. The van der Waals surface area contributed by atoms with Crippen LogP contribution in [-0.4, -0.2) is 22.3 Å². The van der Waals surface area contributed by atoms with E-state index in [1.807, 2.05) is 13.0 Å². The Labute approximate surface area is 106 Å². The number of fused-ring (bicyclic) bond motifs is 1. The summed E-state index contributed by atoms with van der Waals surface area (Å²) in [4.78, 5) is 4.61. The number of nitrogens with zero attached hydrogens (tertiary/aromatic N) is 1. The van der Waals surface area contributed by atoms with Crippen LogP contribution in [0, 0.1) is 0 Å². The molecule has 0 fully saturated rings. The highest BCUT2D eigenvalue weighted by atomic mass is 35.5. The van der Waals surface area contributed by atoms with Crippen molar-refractivity contribution in [3.05, 3.63) is 23.4 Å². The molecule has 1 heterocycles. The highest BCUT2D eigenvalue weighted by molar-refractivity contribution is 6.22. The van der Waals surface area contributed by atoms with E-state index in [-0.39, 0.29) is 5.54 Å². The van der Waals surface area contributed by atoms with E-state index in [2.05, 4.69) is 16.4 Å². The van der Waals surface area contributed by atoms with Gasteiger partial charge in [-0.15, -0.1) is 23.2 Å². The number of hydrogen-bond donors (Lipinski definition) is 1. The predicted molar refractivity (Wildman–Crippen MR) is 69.7 cm³/mol. The Kier molecular flexibility index (Phi) is 3.60. The van der Waals surface area contributed by atoms with Crippen LogP contribution >= 0.6 is 23.2 Å². The molecule has 0 atom stereocenters. The molecule has 1 aromatic heterocycles. The molecule has 0 saturated carbocycles. The summed E-state index contributed by atoms with van der Waals surface area (Å²) in [6, 6.07) is 4.17. The number of halogens is 2. The van der Waals surface area contributed by atoms with Gasteiger partial charge in [-0.05, 0) is 37.8 Å². The molecule has 2 rings (SSSR count). The smallest absolute Gasteiger partial charge is 0.126 e. The highest BCUT2D eigenvalue weighted by Crippen LogP contribution is 2.23. The molecule has 0 spiro atoms. The van der Waals surface area contributed by atoms with Gasteiger partial charge in [-0.3, -0.25) is 0 Å². The Bertz CT molecular complexity index is 375. The summed E-state index contributed by atoms with van der Waals surface area (Å²) in [6.45, 7) is 2.00. The van der Waals surface area contributed by atoms with Crippen LogP contribution < -0.4 is 5.32 Å². The normalized spacial score (nSPS) is 14.9. The second-order valence-corrected chi connectivity index (χ2v) is 5.14. The molecule has 0 bridgehead atoms. The van der Waals surface area contributed by atoms with Crippen LogP contribution in [0.2, 0.25) is 0 Å². The van der Waals surface area contributed by atoms with Gasteiger partial charge in [-0.1, -0.05) is 6.07 Å². The van der Waals surface area contributed by atoms with Crippen LogP contribution in [0.4, 0.5) is 5.82 Å². The minimum Gasteiger partial charge on any atom is -0.362 e. The lowest BCUT2D eigenvalue weighted by Gasteiger charge is -2.26. The standard InChI is InChI=1S/C12H16Cl2N2/c1-12(7-13,8-14)16-11-6-5-9-3-2-4-10(9)15-11/h5-6H,2-4,7-8H2,1H3,(H,15,16). The second kappa shape index (κ2) is 4.80. The molecule has 16 heavy (non-hydrogen) atoms. The van der Waals surface area contributed by atoms with Crippen molar-refractivity contribution in [2.75, 3.05) is 17.1 Å². The summed E-state index contributed by atoms with van der Waals surface area (Å²) in [6.07, 6.45) is 3.46. The lowest BCUT2D eigenvalue weighted by Crippen LogP contribution is -2.39. The Morgan fingerprint density at radius 3 is 2.75 bits per heavy atom. The molecule has 0 aromatic carbocycles. The van der Waals surface area contributed by atoms with Crippen molar-refractivity contribution in [1.29, 1.82) is 0 Å². The summed E-state index contributed by atoms with van der Waals surface area (Å²) < 4.78 is 0. The van der Waals surface area contributed by atoms with E-state index < -0.39 is 0 Å². The van der Waals surface area contributed by atoms with Crippen molar-refractivity contribution in [2.24, 2.45) is 0 Å². The molecule has 0 unspecified atom stereocenters.